The number of hydrogen-bond donors (Lipinski definition) is 1. The van der Waals surface area contributed by atoms with Crippen molar-refractivity contribution in [2.24, 2.45) is 5.92 Å². The summed E-state index contributed by atoms with van der Waals surface area (Å²) in [5.41, 5.74) is 3.02. The molecule has 1 aromatic heterocycles. The summed E-state index contributed by atoms with van der Waals surface area (Å²) in [5, 5.41) is 7.06. The highest BCUT2D eigenvalue weighted by Gasteiger charge is 2.36. The molecule has 0 radical (unpaired) electrons. The van der Waals surface area contributed by atoms with Crippen LogP contribution in [0, 0.1) is 18.7 Å². The summed E-state index contributed by atoms with van der Waals surface area (Å²) in [7, 11) is -3.91. The highest BCUT2D eigenvalue weighted by atomic mass is 32.2. The van der Waals surface area contributed by atoms with Crippen LogP contribution >= 0.6 is 0 Å². The monoisotopic (exact) mass is 523 g/mol. The average molecular weight is 524 g/mol. The van der Waals surface area contributed by atoms with E-state index in [-0.39, 0.29) is 47.3 Å². The van der Waals surface area contributed by atoms with E-state index >= 15 is 0 Å². The zero-order chi connectivity index (χ0) is 26.0. The van der Waals surface area contributed by atoms with Crippen LogP contribution < -0.4 is 5.32 Å². The first kappa shape index (κ1) is 25.4. The quantitative estimate of drug-likeness (QED) is 0.497. The normalized spacial score (nSPS) is 19.1. The van der Waals surface area contributed by atoms with Crippen LogP contribution in [0.15, 0.2) is 57.9 Å². The van der Waals surface area contributed by atoms with E-state index in [1.807, 2.05) is 12.1 Å². The number of sulfonamides is 1. The van der Waals surface area contributed by atoms with Gasteiger partial charge in [-0.25, -0.2) is 12.8 Å². The van der Waals surface area contributed by atoms with E-state index in [0.717, 1.165) is 19.3 Å². The lowest BCUT2D eigenvalue weighted by Crippen LogP contribution is -2.44. The summed E-state index contributed by atoms with van der Waals surface area (Å²) in [6.45, 7) is 2.02. The van der Waals surface area contributed by atoms with Crippen molar-refractivity contribution in [3.05, 3.63) is 82.5 Å². The maximum absolute atomic E-state index is 14.0. The Bertz CT molecular complexity index is 1420. The predicted octanol–water partition coefficient (Wildman–Crippen LogP) is 4.89. The fourth-order valence-electron chi connectivity index (χ4n) is 5.26. The number of benzene rings is 2. The van der Waals surface area contributed by atoms with Gasteiger partial charge in [0.2, 0.25) is 15.9 Å². The molecule has 1 aliphatic heterocycles. The van der Waals surface area contributed by atoms with Gasteiger partial charge in [0, 0.05) is 24.6 Å². The maximum Gasteiger partial charge on any atom is 0.248 e. The Kier molecular flexibility index (Phi) is 7.26. The van der Waals surface area contributed by atoms with Gasteiger partial charge in [-0.1, -0.05) is 47.6 Å². The lowest BCUT2D eigenvalue weighted by Gasteiger charge is -2.32. The van der Waals surface area contributed by atoms with Gasteiger partial charge in [-0.05, 0) is 68.4 Å². The van der Waals surface area contributed by atoms with Gasteiger partial charge in [-0.15, -0.1) is 0 Å². The lowest BCUT2D eigenvalue weighted by atomic mass is 9.87. The number of nitrogens with zero attached hydrogens (tertiary/aromatic N) is 2. The van der Waals surface area contributed by atoms with Gasteiger partial charge >= 0.3 is 0 Å². The number of halogens is 1. The van der Waals surface area contributed by atoms with Crippen LogP contribution in [0.5, 0.6) is 0 Å². The summed E-state index contributed by atoms with van der Waals surface area (Å²) in [4.78, 5) is 13.0. The Morgan fingerprint density at radius 3 is 2.59 bits per heavy atom. The third-order valence-corrected chi connectivity index (χ3v) is 9.32. The molecule has 0 bridgehead atoms. The van der Waals surface area contributed by atoms with Gasteiger partial charge in [-0.2, -0.15) is 4.31 Å². The van der Waals surface area contributed by atoms with Gasteiger partial charge in [0.15, 0.2) is 10.7 Å². The van der Waals surface area contributed by atoms with Crippen LogP contribution in [-0.2, 0) is 21.2 Å². The molecule has 1 amide bonds. The SMILES string of the molecule is Cc1noc(/C=C/c2ccccc2F)c1S(=O)(=O)N1CCC(C(=O)NC2CCCc3ccccc32)CC1. The third kappa shape index (κ3) is 5.24. The molecule has 3 aromatic rings. The van der Waals surface area contributed by atoms with Crippen molar-refractivity contribution in [2.75, 3.05) is 13.1 Å². The van der Waals surface area contributed by atoms with Crippen LogP contribution in [0.2, 0.25) is 0 Å². The summed E-state index contributed by atoms with van der Waals surface area (Å²) < 4.78 is 47.7. The van der Waals surface area contributed by atoms with Crippen LogP contribution in [0.3, 0.4) is 0 Å². The standard InChI is InChI=1S/C28H30FN3O4S/c1-19-27(26(36-31-19)14-13-21-8-3-5-11-24(21)29)37(34,35)32-17-15-22(16-18-32)28(33)30-25-12-6-9-20-7-2-4-10-23(20)25/h2-5,7-8,10-11,13-14,22,25H,6,9,12,15-18H2,1H3,(H,30,33)/b14-13+. The Balaban J connectivity index is 1.26. The van der Waals surface area contributed by atoms with E-state index in [1.54, 1.807) is 25.1 Å². The van der Waals surface area contributed by atoms with Crippen molar-refractivity contribution >= 4 is 28.1 Å². The number of carbonyl (C=O) groups excluding carboxylic acids is 1. The van der Waals surface area contributed by atoms with E-state index in [4.69, 9.17) is 4.52 Å². The van der Waals surface area contributed by atoms with E-state index < -0.39 is 15.8 Å². The van der Waals surface area contributed by atoms with Gasteiger partial charge in [0.25, 0.3) is 0 Å². The molecule has 5 rings (SSSR count). The molecule has 1 unspecified atom stereocenters. The van der Waals surface area contributed by atoms with E-state index in [2.05, 4.69) is 22.6 Å². The number of nitrogens with one attached hydrogen (secondary N) is 1. The molecule has 1 atom stereocenters. The molecule has 1 aliphatic carbocycles. The molecule has 1 saturated heterocycles. The topological polar surface area (TPSA) is 92.5 Å². The smallest absolute Gasteiger partial charge is 0.248 e. The van der Waals surface area contributed by atoms with E-state index in [0.29, 0.717) is 18.4 Å². The Hall–Kier alpha value is -3.30. The number of aryl methyl sites for hydroxylation is 2. The highest BCUT2D eigenvalue weighted by Crippen LogP contribution is 2.32. The Morgan fingerprint density at radius 1 is 1.08 bits per heavy atom. The molecule has 1 fully saturated rings. The highest BCUT2D eigenvalue weighted by molar-refractivity contribution is 7.89. The first-order valence-electron chi connectivity index (χ1n) is 12.6. The zero-order valence-corrected chi connectivity index (χ0v) is 21.5. The molecule has 0 saturated carbocycles. The molecular formula is C28H30FN3O4S. The van der Waals surface area contributed by atoms with Crippen molar-refractivity contribution in [1.29, 1.82) is 0 Å². The van der Waals surface area contributed by atoms with Gasteiger partial charge < -0.3 is 9.84 Å². The minimum Gasteiger partial charge on any atom is -0.355 e. The summed E-state index contributed by atoms with van der Waals surface area (Å²) in [5.74, 6) is -0.633. The van der Waals surface area contributed by atoms with E-state index in [9.17, 15) is 17.6 Å². The third-order valence-electron chi connectivity index (χ3n) is 7.26. The second-order valence-electron chi connectivity index (χ2n) is 9.65. The number of amides is 1. The number of fused-ring (bicyclic) bond motifs is 1. The zero-order valence-electron chi connectivity index (χ0n) is 20.7. The number of hydrogen-bond acceptors (Lipinski definition) is 5. The minimum atomic E-state index is -3.91. The second kappa shape index (κ2) is 10.6. The van der Waals surface area contributed by atoms with Crippen LogP contribution in [0.1, 0.15) is 59.9 Å². The minimum absolute atomic E-state index is 0.00247. The molecule has 1 N–H and O–H groups in total. The summed E-state index contributed by atoms with van der Waals surface area (Å²) >= 11 is 0. The number of aromatic nitrogens is 1. The number of carbonyl (C=O) groups is 1. The van der Waals surface area contributed by atoms with Crippen molar-refractivity contribution in [3.63, 3.8) is 0 Å². The molecular weight excluding hydrogens is 493 g/mol. The molecule has 7 nitrogen and oxygen atoms in total. The molecule has 194 valence electrons. The molecule has 9 heteroatoms. The van der Waals surface area contributed by atoms with Crippen LogP contribution in [0.4, 0.5) is 4.39 Å². The van der Waals surface area contributed by atoms with Crippen LogP contribution in [0.25, 0.3) is 12.2 Å². The molecule has 2 aromatic carbocycles. The summed E-state index contributed by atoms with van der Waals surface area (Å²) in [6.07, 6.45) is 6.73. The number of rotatable bonds is 6. The fraction of sp³-hybridized carbons (Fsp3) is 0.357. The van der Waals surface area contributed by atoms with Crippen molar-refractivity contribution in [3.8, 4) is 0 Å². The van der Waals surface area contributed by atoms with Crippen molar-refractivity contribution < 1.29 is 22.1 Å². The largest absolute Gasteiger partial charge is 0.355 e. The second-order valence-corrected chi connectivity index (χ2v) is 11.5. The maximum atomic E-state index is 14.0. The first-order valence-corrected chi connectivity index (χ1v) is 14.1. The fourth-order valence-corrected chi connectivity index (χ4v) is 6.98. The van der Waals surface area contributed by atoms with Gasteiger partial charge in [0.05, 0.1) is 6.04 Å². The molecule has 0 spiro atoms. The van der Waals surface area contributed by atoms with E-state index in [1.165, 1.54) is 33.7 Å². The number of piperidine rings is 1. The first-order chi connectivity index (χ1) is 17.8. The van der Waals surface area contributed by atoms with Gasteiger partial charge in [-0.3, -0.25) is 4.79 Å². The average Bonchev–Trinajstić information content (AvgIpc) is 3.29. The van der Waals surface area contributed by atoms with Gasteiger partial charge in [0.1, 0.15) is 11.5 Å². The summed E-state index contributed by atoms with van der Waals surface area (Å²) in [6, 6.07) is 14.4. The lowest BCUT2D eigenvalue weighted by molar-refractivity contribution is -0.127. The Labute approximate surface area is 216 Å². The molecule has 2 heterocycles. The predicted molar refractivity (Wildman–Crippen MR) is 138 cm³/mol. The Morgan fingerprint density at radius 2 is 1.81 bits per heavy atom. The van der Waals surface area contributed by atoms with Crippen molar-refractivity contribution in [1.82, 2.24) is 14.8 Å². The molecule has 37 heavy (non-hydrogen) atoms. The van der Waals surface area contributed by atoms with Crippen molar-refractivity contribution in [2.45, 2.75) is 50.0 Å². The molecule has 2 aliphatic rings. The van der Waals surface area contributed by atoms with Crippen LogP contribution in [-0.4, -0.2) is 36.9 Å².